The number of rotatable bonds is 6. The van der Waals surface area contributed by atoms with Crippen molar-refractivity contribution < 1.29 is 40.3 Å². The molecule has 0 bridgehead atoms. The lowest BCUT2D eigenvalue weighted by Crippen LogP contribution is -2.64. The number of amides is 3. The van der Waals surface area contributed by atoms with Crippen LogP contribution in [-0.2, 0) is 17.1 Å². The summed E-state index contributed by atoms with van der Waals surface area (Å²) in [5, 5.41) is 2.75. The van der Waals surface area contributed by atoms with Crippen LogP contribution < -0.4 is 5.32 Å². The summed E-state index contributed by atoms with van der Waals surface area (Å²) in [7, 11) is 3.35. The molecule has 2 aromatic carbocycles. The SMILES string of the molecule is Cc1cc(F)ccc1[C@H]1CN(C2CN(C(=O)N(C)C)C2)CC[C@@H]1C(=O)NC[C@@H](C)c1cc(C(F)(F)F)cc(C(F)(F)F)c1. The third-order valence-corrected chi connectivity index (χ3v) is 8.41. The number of nitrogens with zero attached hydrogens (tertiary/aromatic N) is 3. The van der Waals surface area contributed by atoms with Gasteiger partial charge in [-0.2, -0.15) is 26.3 Å². The molecule has 2 aliphatic heterocycles. The standard InChI is InChI=1S/C30H35F7N4O2/c1-17-9-22(31)5-6-24(17)26-16-40(23-14-41(15-23)28(43)39(3)4)8-7-25(26)27(42)38-13-18(2)19-10-20(29(32,33)34)12-21(11-19)30(35,36)37/h5-6,9-12,18,23,25-26H,7-8,13-16H2,1-4H3,(H,38,42)/t18-,25+,26-/m1/s1. The zero-order valence-electron chi connectivity index (χ0n) is 24.3. The van der Waals surface area contributed by atoms with Crippen molar-refractivity contribution in [2.24, 2.45) is 5.92 Å². The predicted molar refractivity (Wildman–Crippen MR) is 146 cm³/mol. The average Bonchev–Trinajstić information content (AvgIpc) is 2.89. The van der Waals surface area contributed by atoms with Gasteiger partial charge >= 0.3 is 18.4 Å². The summed E-state index contributed by atoms with van der Waals surface area (Å²) < 4.78 is 94.0. The van der Waals surface area contributed by atoms with Crippen LogP contribution in [-0.4, -0.2) is 79.5 Å². The lowest BCUT2D eigenvalue weighted by atomic mass is 9.77. The summed E-state index contributed by atoms with van der Waals surface area (Å²) in [4.78, 5) is 31.2. The van der Waals surface area contributed by atoms with Crippen LogP contribution in [0.4, 0.5) is 35.5 Å². The normalized spacial score (nSPS) is 20.9. The first-order chi connectivity index (χ1) is 20.0. The lowest BCUT2D eigenvalue weighted by molar-refractivity contribution is -0.143. The molecule has 1 N–H and O–H groups in total. The number of halogens is 7. The highest BCUT2D eigenvalue weighted by atomic mass is 19.4. The van der Waals surface area contributed by atoms with Crippen molar-refractivity contribution in [3.63, 3.8) is 0 Å². The van der Waals surface area contributed by atoms with E-state index in [4.69, 9.17) is 0 Å². The Labute approximate surface area is 245 Å². The van der Waals surface area contributed by atoms with Gasteiger partial charge in [0.2, 0.25) is 5.91 Å². The number of urea groups is 1. The number of carbonyl (C=O) groups is 2. The quantitative estimate of drug-likeness (QED) is 0.414. The smallest absolute Gasteiger partial charge is 0.355 e. The Balaban J connectivity index is 1.50. The van der Waals surface area contributed by atoms with Crippen LogP contribution >= 0.6 is 0 Å². The number of nitrogens with one attached hydrogen (secondary N) is 1. The first-order valence-corrected chi connectivity index (χ1v) is 14.0. The Morgan fingerprint density at radius 2 is 1.58 bits per heavy atom. The van der Waals surface area contributed by atoms with Gasteiger partial charge in [-0.05, 0) is 72.8 Å². The molecule has 3 amide bonds. The average molecular weight is 617 g/mol. The van der Waals surface area contributed by atoms with Crippen molar-refractivity contribution in [3.8, 4) is 0 Å². The highest BCUT2D eigenvalue weighted by molar-refractivity contribution is 5.80. The van der Waals surface area contributed by atoms with E-state index in [0.29, 0.717) is 50.3 Å². The van der Waals surface area contributed by atoms with Crippen LogP contribution in [0.1, 0.15) is 53.0 Å². The van der Waals surface area contributed by atoms with E-state index in [9.17, 15) is 40.3 Å². The molecule has 2 heterocycles. The molecule has 0 saturated carbocycles. The molecule has 0 aromatic heterocycles. The Bertz CT molecular complexity index is 1310. The summed E-state index contributed by atoms with van der Waals surface area (Å²) in [6.45, 7) is 5.14. The van der Waals surface area contributed by atoms with Crippen LogP contribution in [0.2, 0.25) is 0 Å². The van der Waals surface area contributed by atoms with E-state index in [1.165, 1.54) is 24.0 Å². The topological polar surface area (TPSA) is 55.9 Å². The summed E-state index contributed by atoms with van der Waals surface area (Å²) in [5.41, 5.74) is -1.55. The van der Waals surface area contributed by atoms with Crippen LogP contribution in [0.5, 0.6) is 0 Å². The lowest BCUT2D eigenvalue weighted by Gasteiger charge is -2.49. The van der Waals surface area contributed by atoms with Gasteiger partial charge in [0.05, 0.1) is 11.1 Å². The fraction of sp³-hybridized carbons (Fsp3) is 0.533. The summed E-state index contributed by atoms with van der Waals surface area (Å²) in [6, 6.07) is 5.80. The number of aryl methyl sites for hydroxylation is 1. The van der Waals surface area contributed by atoms with Crippen molar-refractivity contribution in [2.75, 3.05) is 46.8 Å². The Hall–Kier alpha value is -3.35. The van der Waals surface area contributed by atoms with Gasteiger partial charge in [0.25, 0.3) is 0 Å². The summed E-state index contributed by atoms with van der Waals surface area (Å²) in [6.07, 6.45) is -9.50. The maximum absolute atomic E-state index is 13.9. The molecule has 0 spiro atoms. The fourth-order valence-electron chi connectivity index (χ4n) is 5.88. The molecule has 13 heteroatoms. The molecule has 2 aromatic rings. The van der Waals surface area contributed by atoms with Crippen molar-refractivity contribution >= 4 is 11.9 Å². The molecule has 2 fully saturated rings. The van der Waals surface area contributed by atoms with Gasteiger partial charge in [0.1, 0.15) is 5.82 Å². The Kier molecular flexibility index (Phi) is 9.34. The van der Waals surface area contributed by atoms with E-state index in [2.05, 4.69) is 10.2 Å². The number of piperidine rings is 1. The van der Waals surface area contributed by atoms with E-state index in [-0.39, 0.29) is 42.1 Å². The van der Waals surface area contributed by atoms with E-state index < -0.39 is 41.1 Å². The minimum atomic E-state index is -4.97. The van der Waals surface area contributed by atoms with Crippen LogP contribution in [0.25, 0.3) is 0 Å². The maximum Gasteiger partial charge on any atom is 0.416 e. The summed E-state index contributed by atoms with van der Waals surface area (Å²) in [5.74, 6) is -2.53. The summed E-state index contributed by atoms with van der Waals surface area (Å²) >= 11 is 0. The molecule has 2 saturated heterocycles. The molecule has 4 rings (SSSR count). The number of carbonyl (C=O) groups excluding carboxylic acids is 2. The number of benzene rings is 2. The van der Waals surface area contributed by atoms with Crippen molar-refractivity contribution in [2.45, 2.75) is 50.5 Å². The molecule has 236 valence electrons. The Morgan fingerprint density at radius 1 is 0.977 bits per heavy atom. The van der Waals surface area contributed by atoms with Crippen molar-refractivity contribution in [3.05, 3.63) is 70.0 Å². The first kappa shape index (κ1) is 32.6. The zero-order chi connectivity index (χ0) is 31.9. The van der Waals surface area contributed by atoms with Gasteiger partial charge in [-0.1, -0.05) is 13.0 Å². The van der Waals surface area contributed by atoms with Crippen molar-refractivity contribution in [1.29, 1.82) is 0 Å². The second-order valence-corrected chi connectivity index (χ2v) is 11.7. The van der Waals surface area contributed by atoms with Crippen LogP contribution in [0.3, 0.4) is 0 Å². The predicted octanol–water partition coefficient (Wildman–Crippen LogP) is 5.86. The highest BCUT2D eigenvalue weighted by Crippen LogP contribution is 2.39. The Morgan fingerprint density at radius 3 is 2.12 bits per heavy atom. The van der Waals surface area contributed by atoms with Gasteiger partial charge in [-0.25, -0.2) is 9.18 Å². The molecule has 6 nitrogen and oxygen atoms in total. The second-order valence-electron chi connectivity index (χ2n) is 11.7. The third kappa shape index (κ3) is 7.42. The second kappa shape index (κ2) is 12.3. The monoisotopic (exact) mass is 616 g/mol. The molecule has 2 aliphatic rings. The fourth-order valence-corrected chi connectivity index (χ4v) is 5.88. The molecule has 3 atom stereocenters. The molecular weight excluding hydrogens is 581 g/mol. The minimum absolute atomic E-state index is 0.0793. The number of hydrogen-bond acceptors (Lipinski definition) is 3. The van der Waals surface area contributed by atoms with Gasteiger partial charge in [-0.3, -0.25) is 9.69 Å². The molecule has 43 heavy (non-hydrogen) atoms. The van der Waals surface area contributed by atoms with Crippen LogP contribution in [0.15, 0.2) is 36.4 Å². The molecule has 0 radical (unpaired) electrons. The number of likely N-dealkylation sites (tertiary alicyclic amines) is 2. The van der Waals surface area contributed by atoms with Gasteiger partial charge in [0, 0.05) is 58.2 Å². The first-order valence-electron chi connectivity index (χ1n) is 14.0. The molecule has 0 aliphatic carbocycles. The van der Waals surface area contributed by atoms with Gasteiger partial charge in [0.15, 0.2) is 0 Å². The maximum atomic E-state index is 13.9. The van der Waals surface area contributed by atoms with Crippen molar-refractivity contribution in [1.82, 2.24) is 20.0 Å². The van der Waals surface area contributed by atoms with E-state index in [0.717, 1.165) is 5.56 Å². The van der Waals surface area contributed by atoms with E-state index in [1.54, 1.807) is 32.0 Å². The van der Waals surface area contributed by atoms with Gasteiger partial charge < -0.3 is 15.1 Å². The zero-order valence-corrected chi connectivity index (χ0v) is 24.3. The third-order valence-electron chi connectivity index (χ3n) is 8.41. The largest absolute Gasteiger partial charge is 0.416 e. The molecule has 0 unspecified atom stereocenters. The van der Waals surface area contributed by atoms with E-state index in [1.807, 2.05) is 0 Å². The van der Waals surface area contributed by atoms with E-state index >= 15 is 0 Å². The van der Waals surface area contributed by atoms with Gasteiger partial charge in [-0.15, -0.1) is 0 Å². The minimum Gasteiger partial charge on any atom is -0.355 e. The van der Waals surface area contributed by atoms with Crippen LogP contribution in [0, 0.1) is 18.7 Å². The molecular formula is C30H35F7N4O2. The number of hydrogen-bond donors (Lipinski definition) is 1. The number of alkyl halides is 6. The highest BCUT2D eigenvalue weighted by Gasteiger charge is 2.42.